The van der Waals surface area contributed by atoms with Gasteiger partial charge in [-0.05, 0) is 30.3 Å². The van der Waals surface area contributed by atoms with Crippen molar-refractivity contribution in [3.05, 3.63) is 47.2 Å². The topological polar surface area (TPSA) is 59.2 Å². The van der Waals surface area contributed by atoms with E-state index in [4.69, 9.17) is 4.18 Å². The number of nitrogens with one attached hydrogen (secondary N) is 1. The van der Waals surface area contributed by atoms with Crippen LogP contribution in [0, 0.1) is 0 Å². The molecule has 1 N–H and O–H groups in total. The highest BCUT2D eigenvalue weighted by atomic mass is 79.9. The zero-order chi connectivity index (χ0) is 11.6. The van der Waals surface area contributed by atoms with E-state index in [0.717, 1.165) is 4.47 Å². The van der Waals surface area contributed by atoms with Crippen LogP contribution in [0.15, 0.2) is 52.1 Å². The Kier molecular flexibility index (Phi) is 3.02. The maximum atomic E-state index is 11.8. The Bertz CT molecular complexity index is 561. The lowest BCUT2D eigenvalue weighted by molar-refractivity contribution is 0.486. The van der Waals surface area contributed by atoms with Gasteiger partial charge in [0, 0.05) is 16.9 Å². The van der Waals surface area contributed by atoms with Crippen LogP contribution in [0.25, 0.3) is 0 Å². The fraction of sp³-hybridized carbons (Fsp3) is 0. The molecule has 0 saturated heterocycles. The molecule has 0 amide bonds. The summed E-state index contributed by atoms with van der Waals surface area (Å²) in [5, 5.41) is 0. The molecule has 0 aliphatic heterocycles. The van der Waals surface area contributed by atoms with Crippen LogP contribution < -0.4 is 4.18 Å². The zero-order valence-electron chi connectivity index (χ0n) is 8.05. The predicted molar refractivity (Wildman–Crippen MR) is 62.7 cm³/mol. The second-order valence-corrected chi connectivity index (χ2v) is 5.50. The summed E-state index contributed by atoms with van der Waals surface area (Å²) in [7, 11) is -3.74. The third kappa shape index (κ3) is 2.45. The Morgan fingerprint density at radius 2 is 1.81 bits per heavy atom. The first-order valence-corrected chi connectivity index (χ1v) is 6.61. The second-order valence-electron chi connectivity index (χ2n) is 3.04. The van der Waals surface area contributed by atoms with Crippen LogP contribution >= 0.6 is 15.9 Å². The van der Waals surface area contributed by atoms with Gasteiger partial charge in [0.1, 0.15) is 4.90 Å². The Labute approximate surface area is 102 Å². The quantitative estimate of drug-likeness (QED) is 0.886. The van der Waals surface area contributed by atoms with Crippen molar-refractivity contribution >= 4 is 26.0 Å². The van der Waals surface area contributed by atoms with Gasteiger partial charge < -0.3 is 9.17 Å². The Morgan fingerprint density at radius 1 is 1.12 bits per heavy atom. The van der Waals surface area contributed by atoms with Crippen molar-refractivity contribution in [3.8, 4) is 5.75 Å². The number of aromatic amines is 1. The lowest BCUT2D eigenvalue weighted by Gasteiger charge is -2.04. The molecule has 84 valence electrons. The summed E-state index contributed by atoms with van der Waals surface area (Å²) in [5.41, 5.74) is 0. The molecular formula is C10H8BrNO3S. The van der Waals surface area contributed by atoms with Crippen molar-refractivity contribution in [2.45, 2.75) is 4.90 Å². The van der Waals surface area contributed by atoms with E-state index < -0.39 is 10.1 Å². The van der Waals surface area contributed by atoms with Crippen molar-refractivity contribution in [1.29, 1.82) is 0 Å². The zero-order valence-corrected chi connectivity index (χ0v) is 10.5. The van der Waals surface area contributed by atoms with Gasteiger partial charge >= 0.3 is 10.1 Å². The molecule has 1 aromatic heterocycles. The fourth-order valence-corrected chi connectivity index (χ4v) is 2.32. The number of H-pyrrole nitrogens is 1. The van der Waals surface area contributed by atoms with Crippen LogP contribution in [0.3, 0.4) is 0 Å². The van der Waals surface area contributed by atoms with Crippen molar-refractivity contribution in [3.63, 3.8) is 0 Å². The highest BCUT2D eigenvalue weighted by molar-refractivity contribution is 9.10. The lowest BCUT2D eigenvalue weighted by Crippen LogP contribution is -2.08. The van der Waals surface area contributed by atoms with Crippen LogP contribution in [-0.2, 0) is 10.1 Å². The molecular weight excluding hydrogens is 294 g/mol. The first kappa shape index (κ1) is 11.2. The molecule has 1 heterocycles. The van der Waals surface area contributed by atoms with Crippen LogP contribution in [0.4, 0.5) is 0 Å². The van der Waals surface area contributed by atoms with E-state index in [9.17, 15) is 8.42 Å². The summed E-state index contributed by atoms with van der Waals surface area (Å²) >= 11 is 3.23. The van der Waals surface area contributed by atoms with Gasteiger partial charge in [0.25, 0.3) is 0 Å². The molecule has 0 bridgehead atoms. The summed E-state index contributed by atoms with van der Waals surface area (Å²) < 4.78 is 29.2. The average Bonchev–Trinajstić information content (AvgIpc) is 2.70. The van der Waals surface area contributed by atoms with E-state index in [1.54, 1.807) is 18.3 Å². The third-order valence-corrected chi connectivity index (χ3v) is 3.67. The van der Waals surface area contributed by atoms with Crippen LogP contribution in [0.2, 0.25) is 0 Å². The highest BCUT2D eigenvalue weighted by Crippen LogP contribution is 2.19. The maximum Gasteiger partial charge on any atom is 0.339 e. The van der Waals surface area contributed by atoms with Crippen molar-refractivity contribution in [2.75, 3.05) is 0 Å². The smallest absolute Gasteiger partial charge is 0.339 e. The van der Waals surface area contributed by atoms with Gasteiger partial charge in [-0.1, -0.05) is 15.9 Å². The molecule has 0 saturated carbocycles. The van der Waals surface area contributed by atoms with Crippen molar-refractivity contribution in [1.82, 2.24) is 4.98 Å². The molecule has 0 fully saturated rings. The minimum Gasteiger partial charge on any atom is -0.377 e. The third-order valence-electron chi connectivity index (χ3n) is 1.88. The summed E-state index contributed by atoms with van der Waals surface area (Å²) in [5.74, 6) is 0.267. The Morgan fingerprint density at radius 3 is 2.38 bits per heavy atom. The predicted octanol–water partition coefficient (Wildman–Crippen LogP) is 2.54. The standard InChI is InChI=1S/C10H8BrNO3S/c11-8-1-3-10(4-2-8)16(13,14)15-9-5-6-12-7-9/h1-7,12H. The van der Waals surface area contributed by atoms with Gasteiger partial charge in [-0.25, -0.2) is 0 Å². The van der Waals surface area contributed by atoms with Crippen LogP contribution in [0.1, 0.15) is 0 Å². The number of hydrogen-bond donors (Lipinski definition) is 1. The molecule has 0 radical (unpaired) electrons. The molecule has 2 rings (SSSR count). The van der Waals surface area contributed by atoms with E-state index in [1.807, 2.05) is 0 Å². The molecule has 0 aliphatic carbocycles. The van der Waals surface area contributed by atoms with Crippen molar-refractivity contribution in [2.24, 2.45) is 0 Å². The Hall–Kier alpha value is -1.27. The molecule has 16 heavy (non-hydrogen) atoms. The van der Waals surface area contributed by atoms with Gasteiger partial charge in [0.2, 0.25) is 0 Å². The highest BCUT2D eigenvalue weighted by Gasteiger charge is 2.16. The lowest BCUT2D eigenvalue weighted by atomic mass is 10.4. The van der Waals surface area contributed by atoms with Gasteiger partial charge in [-0.15, -0.1) is 0 Å². The number of hydrogen-bond acceptors (Lipinski definition) is 3. The number of rotatable bonds is 3. The van der Waals surface area contributed by atoms with Crippen LogP contribution in [-0.4, -0.2) is 13.4 Å². The van der Waals surface area contributed by atoms with Gasteiger partial charge in [-0.2, -0.15) is 8.42 Å². The van der Waals surface area contributed by atoms with E-state index in [2.05, 4.69) is 20.9 Å². The fourth-order valence-electron chi connectivity index (χ4n) is 1.14. The first-order chi connectivity index (χ1) is 7.58. The molecule has 0 unspecified atom stereocenters. The van der Waals surface area contributed by atoms with E-state index in [-0.39, 0.29) is 10.6 Å². The maximum absolute atomic E-state index is 11.8. The van der Waals surface area contributed by atoms with Crippen LogP contribution in [0.5, 0.6) is 5.75 Å². The summed E-state index contributed by atoms with van der Waals surface area (Å²) in [6.45, 7) is 0. The number of halogens is 1. The average molecular weight is 302 g/mol. The molecule has 0 spiro atoms. The molecule has 6 heteroatoms. The normalized spacial score (nSPS) is 11.3. The largest absolute Gasteiger partial charge is 0.377 e. The molecule has 1 aromatic carbocycles. The minimum atomic E-state index is -3.74. The minimum absolute atomic E-state index is 0.122. The van der Waals surface area contributed by atoms with Gasteiger partial charge in [-0.3, -0.25) is 0 Å². The van der Waals surface area contributed by atoms with Crippen molar-refractivity contribution < 1.29 is 12.6 Å². The van der Waals surface area contributed by atoms with Gasteiger partial charge in [0.15, 0.2) is 5.75 Å². The van der Waals surface area contributed by atoms with E-state index in [0.29, 0.717) is 0 Å². The SMILES string of the molecule is O=S(=O)(Oc1cc[nH]c1)c1ccc(Br)cc1. The van der Waals surface area contributed by atoms with Gasteiger partial charge in [0.05, 0.1) is 0 Å². The monoisotopic (exact) mass is 301 g/mol. The van der Waals surface area contributed by atoms with E-state index >= 15 is 0 Å². The summed E-state index contributed by atoms with van der Waals surface area (Å²) in [6, 6.07) is 7.79. The van der Waals surface area contributed by atoms with E-state index in [1.165, 1.54) is 24.4 Å². The second kappa shape index (κ2) is 4.31. The first-order valence-electron chi connectivity index (χ1n) is 4.41. The molecule has 0 aliphatic rings. The molecule has 0 atom stereocenters. The number of aromatic nitrogens is 1. The number of benzene rings is 1. The Balaban J connectivity index is 2.29. The molecule has 2 aromatic rings. The summed E-state index contributed by atoms with van der Waals surface area (Å²) in [4.78, 5) is 2.84. The molecule has 4 nitrogen and oxygen atoms in total. The summed E-state index contributed by atoms with van der Waals surface area (Å²) in [6.07, 6.45) is 3.06.